The average molecular weight is 850 g/mol. The number of aromatic nitrogens is 4. The van der Waals surface area contributed by atoms with Crippen LogP contribution in [0.4, 0.5) is 0 Å². The zero-order valence-corrected chi connectivity index (χ0v) is 36.6. The molecule has 0 spiro atoms. The first-order valence-corrected chi connectivity index (χ1v) is 22.0. The second-order valence-corrected chi connectivity index (χ2v) is 17.8. The molecular formula is C39H60N7O12P. The van der Waals surface area contributed by atoms with E-state index >= 15 is 0 Å². The van der Waals surface area contributed by atoms with Crippen molar-refractivity contribution < 1.29 is 46.0 Å². The molecule has 0 saturated heterocycles. The number of imidazole rings is 1. The highest BCUT2D eigenvalue weighted by Gasteiger charge is 2.43. The molecule has 4 aromatic heterocycles. The molecule has 20 heteroatoms. The lowest BCUT2D eigenvalue weighted by Gasteiger charge is -2.35. The Morgan fingerprint density at radius 3 is 1.83 bits per heavy atom. The molecule has 0 fully saturated rings. The van der Waals surface area contributed by atoms with E-state index in [9.17, 15) is 23.7 Å². The number of unbranched alkanes of at least 4 members (excludes halogenated alkanes) is 6. The molecule has 4 aromatic rings. The summed E-state index contributed by atoms with van der Waals surface area (Å²) in [7, 11) is -3.91. The third-order valence-corrected chi connectivity index (χ3v) is 11.7. The van der Waals surface area contributed by atoms with E-state index in [0.29, 0.717) is 29.5 Å². The van der Waals surface area contributed by atoms with Gasteiger partial charge in [-0.05, 0) is 61.3 Å². The van der Waals surface area contributed by atoms with Gasteiger partial charge in [0.05, 0.1) is 45.1 Å². The van der Waals surface area contributed by atoms with Gasteiger partial charge < -0.3 is 41.0 Å². The minimum atomic E-state index is -3.91. The molecule has 0 amide bonds. The first-order valence-electron chi connectivity index (χ1n) is 20.1. The van der Waals surface area contributed by atoms with E-state index in [2.05, 4.69) is 39.0 Å². The second-order valence-electron chi connectivity index (χ2n) is 15.7. The Kier molecular flexibility index (Phi) is 16.8. The molecule has 0 radical (unpaired) electrons. The lowest BCUT2D eigenvalue weighted by molar-refractivity contribution is -0.149. The lowest BCUT2D eigenvalue weighted by Crippen LogP contribution is -2.54. The summed E-state index contributed by atoms with van der Waals surface area (Å²) in [6.45, 7) is 16.0. The Balaban J connectivity index is 1.57. The smallest absolute Gasteiger partial charge is 0.464 e. The summed E-state index contributed by atoms with van der Waals surface area (Å²) in [6.07, 6.45) is 9.41. The van der Waals surface area contributed by atoms with Crippen LogP contribution in [0.25, 0.3) is 11.2 Å². The molecule has 0 bridgehead atoms. The van der Waals surface area contributed by atoms with Crippen molar-refractivity contribution in [2.75, 3.05) is 19.6 Å². The van der Waals surface area contributed by atoms with Gasteiger partial charge in [-0.25, -0.2) is 29.7 Å². The molecule has 0 unspecified atom stereocenters. The Hall–Kier alpha value is -4.58. The molecule has 2 N–H and O–H groups in total. The number of carbonyl (C=O) groups excluding carboxylic acids is 2. The van der Waals surface area contributed by atoms with Crippen LogP contribution in [-0.4, -0.2) is 67.8 Å². The number of fused-ring (bicyclic) bond motifs is 1. The van der Waals surface area contributed by atoms with Crippen molar-refractivity contribution in [3.63, 3.8) is 0 Å². The number of ether oxygens (including phenoxy) is 3. The van der Waals surface area contributed by atoms with Crippen molar-refractivity contribution in [1.29, 1.82) is 0 Å². The number of aryl methyl sites for hydroxylation is 2. The maximum Gasteiger partial charge on any atom is 0.519 e. The van der Waals surface area contributed by atoms with Crippen LogP contribution >= 0.6 is 7.44 Å². The number of carbonyl (C=O) groups is 2. The minimum absolute atomic E-state index is 0.0286. The fourth-order valence-electron chi connectivity index (χ4n) is 6.14. The van der Waals surface area contributed by atoms with Crippen LogP contribution in [0.1, 0.15) is 123 Å². The van der Waals surface area contributed by atoms with Gasteiger partial charge in [0.15, 0.2) is 28.2 Å². The third-order valence-electron chi connectivity index (χ3n) is 9.37. The summed E-state index contributed by atoms with van der Waals surface area (Å²) in [4.78, 5) is 63.8. The lowest BCUT2D eigenvalue weighted by atomic mass is 10.1. The largest absolute Gasteiger partial charge is 0.519 e. The molecule has 4 heterocycles. The fraction of sp³-hybridized carbons (Fsp3) is 0.667. The van der Waals surface area contributed by atoms with E-state index in [-0.39, 0.29) is 55.9 Å². The fourth-order valence-corrected chi connectivity index (χ4v) is 8.77. The quantitative estimate of drug-likeness (QED) is 0.0467. The zero-order chi connectivity index (χ0) is 43.4. The number of nitrogens with zero attached hydrogens (tertiary/aromatic N) is 5. The SMILES string of the molecule is CCCCCCOC(=O)C(C)(C)NP(=O)(CO[C@H](C)Cn1cnc2c(=NCc3oc(=O)oc3C)n(Cc3oc(=O)oc3C)cnc21)NC(C)(C)C(=O)OCCCCCC. The van der Waals surface area contributed by atoms with Crippen molar-refractivity contribution >= 4 is 30.5 Å². The summed E-state index contributed by atoms with van der Waals surface area (Å²) >= 11 is 0. The maximum atomic E-state index is 14.8. The van der Waals surface area contributed by atoms with Crippen molar-refractivity contribution in [1.82, 2.24) is 29.3 Å². The second kappa shape index (κ2) is 21.1. The van der Waals surface area contributed by atoms with Crippen molar-refractivity contribution in [2.24, 2.45) is 4.99 Å². The van der Waals surface area contributed by atoms with Crippen LogP contribution in [0.5, 0.6) is 0 Å². The summed E-state index contributed by atoms with van der Waals surface area (Å²) in [5.74, 6) is -1.86. The molecule has 328 valence electrons. The van der Waals surface area contributed by atoms with Gasteiger partial charge in [0.2, 0.25) is 7.44 Å². The molecular weight excluding hydrogens is 789 g/mol. The van der Waals surface area contributed by atoms with E-state index in [1.165, 1.54) is 6.33 Å². The predicted molar refractivity (Wildman–Crippen MR) is 216 cm³/mol. The van der Waals surface area contributed by atoms with Gasteiger partial charge in [0.25, 0.3) is 0 Å². The highest BCUT2D eigenvalue weighted by atomic mass is 31.2. The summed E-state index contributed by atoms with van der Waals surface area (Å²) in [5, 5.41) is 5.91. The van der Waals surface area contributed by atoms with Crippen LogP contribution in [0, 0.1) is 13.8 Å². The van der Waals surface area contributed by atoms with E-state index in [4.69, 9.17) is 31.9 Å². The Bertz CT molecular complexity index is 2200. The van der Waals surface area contributed by atoms with Gasteiger partial charge in [0.1, 0.15) is 35.5 Å². The maximum absolute atomic E-state index is 14.8. The highest BCUT2D eigenvalue weighted by molar-refractivity contribution is 7.59. The highest BCUT2D eigenvalue weighted by Crippen LogP contribution is 2.42. The standard InChI is InChI=1S/C39H60N7O12P/c1-10-12-14-16-18-52-34(47)38(6,7)43-59(51,44-39(8,9)35(48)53-19-17-15-13-11-2)25-54-26(3)21-45-23-41-31-32(40-20-29-27(4)55-36(49)57-29)46(24-42-33(31)45)22-30-28(5)56-37(50)58-30/h23-24,26H,10-22,25H2,1-9H3,(H2,43,44,51)/t26-/m1/s1. The van der Waals surface area contributed by atoms with Crippen LogP contribution in [0.3, 0.4) is 0 Å². The number of hydrogen-bond acceptors (Lipinski definition) is 15. The Labute approximate surface area is 342 Å². The summed E-state index contributed by atoms with van der Waals surface area (Å²) < 4.78 is 55.8. The van der Waals surface area contributed by atoms with Crippen molar-refractivity contribution in [3.05, 3.63) is 62.4 Å². The molecule has 0 aliphatic carbocycles. The van der Waals surface area contributed by atoms with Gasteiger partial charge in [-0.15, -0.1) is 0 Å². The molecule has 0 aliphatic heterocycles. The topological polar surface area (TPSA) is 238 Å². The molecule has 59 heavy (non-hydrogen) atoms. The predicted octanol–water partition coefficient (Wildman–Crippen LogP) is 5.63. The number of rotatable bonds is 25. The monoisotopic (exact) mass is 849 g/mol. The van der Waals surface area contributed by atoms with Gasteiger partial charge >= 0.3 is 23.6 Å². The van der Waals surface area contributed by atoms with Crippen LogP contribution in [-0.2, 0) is 48.0 Å². The van der Waals surface area contributed by atoms with Gasteiger partial charge in [0, 0.05) is 0 Å². The van der Waals surface area contributed by atoms with Crippen LogP contribution in [0.15, 0.2) is 44.9 Å². The van der Waals surface area contributed by atoms with E-state index < -0.39 is 54.6 Å². The minimum Gasteiger partial charge on any atom is -0.464 e. The number of nitrogens with one attached hydrogen (secondary N) is 2. The van der Waals surface area contributed by atoms with Crippen molar-refractivity contribution in [3.8, 4) is 0 Å². The van der Waals surface area contributed by atoms with Crippen LogP contribution < -0.4 is 27.3 Å². The zero-order valence-electron chi connectivity index (χ0n) is 35.7. The van der Waals surface area contributed by atoms with Gasteiger partial charge in [-0.1, -0.05) is 52.4 Å². The van der Waals surface area contributed by atoms with Crippen molar-refractivity contribution in [2.45, 2.75) is 150 Å². The van der Waals surface area contributed by atoms with Gasteiger partial charge in [-0.3, -0.25) is 19.1 Å². The Morgan fingerprint density at radius 1 is 0.797 bits per heavy atom. The normalized spacial score (nSPS) is 13.3. The average Bonchev–Trinajstić information content (AvgIpc) is 3.82. The van der Waals surface area contributed by atoms with Crippen LogP contribution in [0.2, 0.25) is 0 Å². The third kappa shape index (κ3) is 13.5. The summed E-state index contributed by atoms with van der Waals surface area (Å²) in [6, 6.07) is 0. The van der Waals surface area contributed by atoms with E-state index in [1.54, 1.807) is 63.9 Å². The molecule has 19 nitrogen and oxygen atoms in total. The van der Waals surface area contributed by atoms with Gasteiger partial charge in [-0.2, -0.15) is 0 Å². The molecule has 0 aliphatic rings. The van der Waals surface area contributed by atoms with E-state index in [0.717, 1.165) is 38.5 Å². The Morgan fingerprint density at radius 2 is 1.32 bits per heavy atom. The number of esters is 2. The molecule has 1 atom stereocenters. The first-order chi connectivity index (χ1) is 27.9. The molecule has 4 rings (SSSR count). The summed E-state index contributed by atoms with van der Waals surface area (Å²) in [5.41, 5.74) is -1.74. The first kappa shape index (κ1) is 47.1. The van der Waals surface area contributed by atoms with E-state index in [1.807, 2.05) is 0 Å². The number of hydrogen-bond donors (Lipinski definition) is 2. The molecule has 0 aromatic carbocycles. The molecule has 0 saturated carbocycles.